The minimum atomic E-state index is -3.62. The maximum absolute atomic E-state index is 12.4. The van der Waals surface area contributed by atoms with Crippen LogP contribution in [0.3, 0.4) is 0 Å². The maximum Gasteiger partial charge on any atom is 0.244 e. The monoisotopic (exact) mass is 295 g/mol. The fourth-order valence-electron chi connectivity index (χ4n) is 1.92. The van der Waals surface area contributed by atoms with Crippen LogP contribution in [0.25, 0.3) is 0 Å². The summed E-state index contributed by atoms with van der Waals surface area (Å²) in [6.45, 7) is -0.269. The Hall–Kier alpha value is -1.55. The van der Waals surface area contributed by atoms with Crippen molar-refractivity contribution in [3.05, 3.63) is 23.8 Å². The molecular weight excluding hydrogens is 278 g/mol. The third kappa shape index (κ3) is 3.31. The minimum Gasteiger partial charge on any atom is -0.495 e. The molecule has 0 bridgehead atoms. The first-order valence-electron chi connectivity index (χ1n) is 6.37. The minimum absolute atomic E-state index is 0.0110. The van der Waals surface area contributed by atoms with Gasteiger partial charge in [0.2, 0.25) is 10.0 Å². The van der Waals surface area contributed by atoms with Gasteiger partial charge in [0.1, 0.15) is 17.3 Å². The highest BCUT2D eigenvalue weighted by Crippen LogP contribution is 2.27. The van der Waals surface area contributed by atoms with Crippen molar-refractivity contribution in [1.29, 1.82) is 0 Å². The van der Waals surface area contributed by atoms with Crippen LogP contribution in [0.2, 0.25) is 0 Å². The smallest absolute Gasteiger partial charge is 0.244 e. The molecule has 1 saturated carbocycles. The Labute approximate surface area is 119 Å². The summed E-state index contributed by atoms with van der Waals surface area (Å²) in [4.78, 5) is 0.0802. The van der Waals surface area contributed by atoms with Crippen LogP contribution < -0.4 is 9.46 Å². The van der Waals surface area contributed by atoms with E-state index < -0.39 is 10.0 Å². The molecule has 0 spiro atoms. The number of aliphatic hydroxyl groups excluding tert-OH is 1. The summed E-state index contributed by atoms with van der Waals surface area (Å²) in [6, 6.07) is 4.69. The van der Waals surface area contributed by atoms with Gasteiger partial charge in [-0.05, 0) is 31.0 Å². The highest BCUT2D eigenvalue weighted by Gasteiger charge is 2.27. The molecule has 0 heterocycles. The second-order valence-electron chi connectivity index (χ2n) is 4.57. The number of nitrogens with one attached hydrogen (secondary N) is 1. The Bertz CT molecular complexity index is 639. The van der Waals surface area contributed by atoms with Gasteiger partial charge in [-0.15, -0.1) is 0 Å². The number of hydrogen-bond acceptors (Lipinski definition) is 4. The molecule has 0 saturated heterocycles. The number of rotatable bonds is 4. The molecule has 6 heteroatoms. The van der Waals surface area contributed by atoms with Crippen LogP contribution in [0.5, 0.6) is 5.75 Å². The van der Waals surface area contributed by atoms with E-state index in [0.717, 1.165) is 19.3 Å². The van der Waals surface area contributed by atoms with E-state index in [1.807, 2.05) is 0 Å². The fourth-order valence-corrected chi connectivity index (χ4v) is 3.41. The normalized spacial score (nSPS) is 15.1. The zero-order valence-corrected chi connectivity index (χ0v) is 12.0. The molecule has 0 atom stereocenters. The van der Waals surface area contributed by atoms with E-state index in [2.05, 4.69) is 16.6 Å². The van der Waals surface area contributed by atoms with E-state index in [0.29, 0.717) is 5.56 Å². The molecule has 1 aromatic carbocycles. The Morgan fingerprint density at radius 2 is 2.20 bits per heavy atom. The van der Waals surface area contributed by atoms with Gasteiger partial charge in [-0.25, -0.2) is 13.1 Å². The number of ether oxygens (including phenoxy) is 1. The predicted octanol–water partition coefficient (Wildman–Crippen LogP) is 0.870. The molecule has 5 nitrogen and oxygen atoms in total. The van der Waals surface area contributed by atoms with Gasteiger partial charge in [0.05, 0.1) is 7.11 Å². The summed E-state index contributed by atoms with van der Waals surface area (Å²) >= 11 is 0. The number of methoxy groups -OCH3 is 1. The van der Waals surface area contributed by atoms with E-state index >= 15 is 0 Å². The SMILES string of the molecule is COc1ccc(C#CCO)cc1S(=O)(=O)NC1CCC1. The van der Waals surface area contributed by atoms with Gasteiger partial charge in [0.15, 0.2) is 0 Å². The van der Waals surface area contributed by atoms with Gasteiger partial charge in [0.25, 0.3) is 0 Å². The van der Waals surface area contributed by atoms with Crippen molar-refractivity contribution in [2.45, 2.75) is 30.2 Å². The average Bonchev–Trinajstić information content (AvgIpc) is 2.40. The number of benzene rings is 1. The largest absolute Gasteiger partial charge is 0.495 e. The first-order valence-corrected chi connectivity index (χ1v) is 7.85. The average molecular weight is 295 g/mol. The van der Waals surface area contributed by atoms with E-state index in [-0.39, 0.29) is 23.3 Å². The van der Waals surface area contributed by atoms with Crippen molar-refractivity contribution in [2.75, 3.05) is 13.7 Å². The van der Waals surface area contributed by atoms with Crippen molar-refractivity contribution in [1.82, 2.24) is 4.72 Å². The molecule has 2 rings (SSSR count). The predicted molar refractivity (Wildman–Crippen MR) is 74.9 cm³/mol. The van der Waals surface area contributed by atoms with Crippen LogP contribution in [0.1, 0.15) is 24.8 Å². The molecule has 108 valence electrons. The van der Waals surface area contributed by atoms with Crippen LogP contribution in [0.4, 0.5) is 0 Å². The van der Waals surface area contributed by atoms with E-state index in [4.69, 9.17) is 9.84 Å². The van der Waals surface area contributed by atoms with Crippen LogP contribution in [-0.2, 0) is 10.0 Å². The lowest BCUT2D eigenvalue weighted by atomic mass is 9.94. The van der Waals surface area contributed by atoms with Gasteiger partial charge in [-0.1, -0.05) is 18.3 Å². The molecule has 1 aromatic rings. The Morgan fingerprint density at radius 3 is 2.75 bits per heavy atom. The quantitative estimate of drug-likeness (QED) is 0.808. The van der Waals surface area contributed by atoms with Gasteiger partial charge >= 0.3 is 0 Å². The lowest BCUT2D eigenvalue weighted by Gasteiger charge is -2.26. The van der Waals surface area contributed by atoms with Crippen molar-refractivity contribution in [2.24, 2.45) is 0 Å². The number of hydrogen-bond donors (Lipinski definition) is 2. The third-order valence-electron chi connectivity index (χ3n) is 3.19. The van der Waals surface area contributed by atoms with E-state index in [1.165, 1.54) is 13.2 Å². The molecule has 1 aliphatic carbocycles. The standard InChI is InChI=1S/C14H17NO4S/c1-19-13-8-7-11(4-3-9-16)10-14(13)20(17,18)15-12-5-2-6-12/h7-8,10,12,15-16H,2,5-6,9H2,1H3. The molecule has 0 radical (unpaired) electrons. The fraction of sp³-hybridized carbons (Fsp3) is 0.429. The van der Waals surface area contributed by atoms with Crippen LogP contribution >= 0.6 is 0 Å². The van der Waals surface area contributed by atoms with Crippen LogP contribution in [0.15, 0.2) is 23.1 Å². The molecule has 0 amide bonds. The summed E-state index contributed by atoms with van der Waals surface area (Å²) in [5.74, 6) is 5.47. The molecule has 1 aliphatic rings. The third-order valence-corrected chi connectivity index (χ3v) is 4.73. The number of aliphatic hydroxyl groups is 1. The Balaban J connectivity index is 2.36. The zero-order chi connectivity index (χ0) is 14.6. The van der Waals surface area contributed by atoms with Crippen molar-refractivity contribution < 1.29 is 18.3 Å². The molecule has 0 aliphatic heterocycles. The van der Waals surface area contributed by atoms with Crippen molar-refractivity contribution in [3.8, 4) is 17.6 Å². The Kier molecular flexibility index (Phi) is 4.65. The van der Waals surface area contributed by atoms with Gasteiger partial charge in [0, 0.05) is 11.6 Å². The second-order valence-corrected chi connectivity index (χ2v) is 6.26. The topological polar surface area (TPSA) is 75.6 Å². The second kappa shape index (κ2) is 6.27. The first kappa shape index (κ1) is 14.9. The molecule has 20 heavy (non-hydrogen) atoms. The van der Waals surface area contributed by atoms with Crippen molar-refractivity contribution >= 4 is 10.0 Å². The summed E-state index contributed by atoms with van der Waals surface area (Å²) in [5.41, 5.74) is 0.522. The highest BCUT2D eigenvalue weighted by molar-refractivity contribution is 7.89. The summed E-state index contributed by atoms with van der Waals surface area (Å²) < 4.78 is 32.5. The van der Waals surface area contributed by atoms with Crippen molar-refractivity contribution in [3.63, 3.8) is 0 Å². The lowest BCUT2D eigenvalue weighted by Crippen LogP contribution is -2.39. The lowest BCUT2D eigenvalue weighted by molar-refractivity contribution is 0.350. The van der Waals surface area contributed by atoms with Crippen LogP contribution in [0, 0.1) is 11.8 Å². The van der Waals surface area contributed by atoms with Crippen LogP contribution in [-0.4, -0.2) is 33.3 Å². The van der Waals surface area contributed by atoms with Gasteiger partial charge in [-0.2, -0.15) is 0 Å². The molecule has 0 aromatic heterocycles. The number of sulfonamides is 1. The Morgan fingerprint density at radius 1 is 1.45 bits per heavy atom. The summed E-state index contributed by atoms with van der Waals surface area (Å²) in [7, 11) is -2.19. The molecule has 1 fully saturated rings. The van der Waals surface area contributed by atoms with Gasteiger partial charge < -0.3 is 9.84 Å². The molecular formula is C14H17NO4S. The van der Waals surface area contributed by atoms with E-state index in [9.17, 15) is 8.42 Å². The maximum atomic E-state index is 12.4. The summed E-state index contributed by atoms with van der Waals surface area (Å²) in [5, 5.41) is 8.69. The molecule has 2 N–H and O–H groups in total. The van der Waals surface area contributed by atoms with Gasteiger partial charge in [-0.3, -0.25) is 0 Å². The first-order chi connectivity index (χ1) is 9.56. The van der Waals surface area contributed by atoms with E-state index in [1.54, 1.807) is 12.1 Å². The summed E-state index contributed by atoms with van der Waals surface area (Å²) in [6.07, 6.45) is 2.78. The zero-order valence-electron chi connectivity index (χ0n) is 11.2. The highest BCUT2D eigenvalue weighted by atomic mass is 32.2. The molecule has 0 unspecified atom stereocenters.